The minimum absolute atomic E-state index is 0.0112. The van der Waals surface area contributed by atoms with Crippen LogP contribution in [0.15, 0.2) is 48.5 Å². The molecule has 132 valence electrons. The molecule has 0 unspecified atom stereocenters. The Bertz CT molecular complexity index is 724. The second-order valence-corrected chi connectivity index (χ2v) is 6.41. The van der Waals surface area contributed by atoms with Crippen LogP contribution in [0.3, 0.4) is 0 Å². The van der Waals surface area contributed by atoms with E-state index in [0.717, 1.165) is 12.8 Å². The molecule has 1 amide bonds. The van der Waals surface area contributed by atoms with E-state index in [4.69, 9.17) is 0 Å². The molecule has 5 nitrogen and oxygen atoms in total. The topological polar surface area (TPSA) is 72.2 Å². The van der Waals surface area contributed by atoms with E-state index >= 15 is 0 Å². The van der Waals surface area contributed by atoms with Crippen LogP contribution in [0.2, 0.25) is 0 Å². The predicted molar refractivity (Wildman–Crippen MR) is 98.7 cm³/mol. The first-order chi connectivity index (χ1) is 12.0. The second kappa shape index (κ2) is 8.97. The summed E-state index contributed by atoms with van der Waals surface area (Å²) in [4.78, 5) is 22.5. The molecule has 0 fully saturated rings. The van der Waals surface area contributed by atoms with Gasteiger partial charge in [0.05, 0.1) is 11.3 Å². The van der Waals surface area contributed by atoms with Crippen molar-refractivity contribution in [3.05, 3.63) is 75.3 Å². The number of nitro benzene ring substituents is 1. The molecule has 5 heteroatoms. The van der Waals surface area contributed by atoms with Gasteiger partial charge in [-0.25, -0.2) is 0 Å². The summed E-state index contributed by atoms with van der Waals surface area (Å²) in [5.74, 6) is 0.333. The number of amides is 1. The van der Waals surface area contributed by atoms with Crippen LogP contribution in [0, 0.1) is 10.1 Å². The Morgan fingerprint density at radius 3 is 2.44 bits per heavy atom. The highest BCUT2D eigenvalue weighted by Gasteiger charge is 2.15. The lowest BCUT2D eigenvalue weighted by Gasteiger charge is -2.08. The third kappa shape index (κ3) is 5.71. The van der Waals surface area contributed by atoms with Gasteiger partial charge in [-0.1, -0.05) is 56.3 Å². The Morgan fingerprint density at radius 1 is 1.12 bits per heavy atom. The molecular weight excluding hydrogens is 316 g/mol. The number of para-hydroxylation sites is 1. The predicted octanol–water partition coefficient (Wildman–Crippen LogP) is 4.01. The number of nitro groups is 1. The lowest BCUT2D eigenvalue weighted by Crippen LogP contribution is -2.26. The summed E-state index contributed by atoms with van der Waals surface area (Å²) in [7, 11) is 0. The lowest BCUT2D eigenvalue weighted by atomic mass is 10.0. The van der Waals surface area contributed by atoms with E-state index in [1.165, 1.54) is 17.2 Å². The summed E-state index contributed by atoms with van der Waals surface area (Å²) < 4.78 is 0. The van der Waals surface area contributed by atoms with Gasteiger partial charge in [0.1, 0.15) is 0 Å². The molecule has 0 aliphatic heterocycles. The van der Waals surface area contributed by atoms with Crippen LogP contribution >= 0.6 is 0 Å². The molecule has 2 aromatic rings. The molecule has 0 saturated heterocycles. The quantitative estimate of drug-likeness (QED) is 0.448. The second-order valence-electron chi connectivity index (χ2n) is 6.41. The molecule has 2 aromatic carbocycles. The van der Waals surface area contributed by atoms with Crippen LogP contribution in [0.5, 0.6) is 0 Å². The number of hydrogen-bond donors (Lipinski definition) is 1. The first kappa shape index (κ1) is 18.6. The number of benzene rings is 2. The zero-order valence-corrected chi connectivity index (χ0v) is 14.7. The molecule has 0 bridgehead atoms. The monoisotopic (exact) mass is 340 g/mol. The lowest BCUT2D eigenvalue weighted by molar-refractivity contribution is -0.385. The van der Waals surface area contributed by atoms with Crippen molar-refractivity contribution in [3.8, 4) is 0 Å². The SMILES string of the molecule is CC(C)c1ccc(CCCNC(=O)Cc2ccccc2[N+](=O)[O-])cc1. The van der Waals surface area contributed by atoms with Gasteiger partial charge in [0.25, 0.3) is 5.69 Å². The molecule has 0 heterocycles. The van der Waals surface area contributed by atoms with Gasteiger partial charge in [0.2, 0.25) is 5.91 Å². The van der Waals surface area contributed by atoms with Crippen molar-refractivity contribution < 1.29 is 9.72 Å². The third-order valence-electron chi connectivity index (χ3n) is 4.15. The van der Waals surface area contributed by atoms with E-state index < -0.39 is 4.92 Å². The van der Waals surface area contributed by atoms with Crippen molar-refractivity contribution >= 4 is 11.6 Å². The third-order valence-corrected chi connectivity index (χ3v) is 4.15. The molecule has 0 spiro atoms. The Balaban J connectivity index is 1.76. The zero-order valence-electron chi connectivity index (χ0n) is 14.7. The van der Waals surface area contributed by atoms with E-state index in [2.05, 4.69) is 43.4 Å². The molecule has 0 atom stereocenters. The van der Waals surface area contributed by atoms with Crippen LogP contribution in [0.1, 0.15) is 42.9 Å². The van der Waals surface area contributed by atoms with Gasteiger partial charge in [0.15, 0.2) is 0 Å². The van der Waals surface area contributed by atoms with Gasteiger partial charge < -0.3 is 5.32 Å². The van der Waals surface area contributed by atoms with E-state index in [1.54, 1.807) is 18.2 Å². The highest BCUT2D eigenvalue weighted by molar-refractivity contribution is 5.79. The minimum atomic E-state index is -0.455. The first-order valence-corrected chi connectivity index (χ1v) is 8.55. The van der Waals surface area contributed by atoms with Crippen LogP contribution in [-0.4, -0.2) is 17.4 Å². The van der Waals surface area contributed by atoms with Crippen LogP contribution in [0.4, 0.5) is 5.69 Å². The zero-order chi connectivity index (χ0) is 18.2. The number of carbonyl (C=O) groups excluding carboxylic acids is 1. The molecule has 25 heavy (non-hydrogen) atoms. The minimum Gasteiger partial charge on any atom is -0.356 e. The molecule has 0 radical (unpaired) electrons. The number of hydrogen-bond acceptors (Lipinski definition) is 3. The van der Waals surface area contributed by atoms with Crippen molar-refractivity contribution in [1.29, 1.82) is 0 Å². The van der Waals surface area contributed by atoms with E-state index in [0.29, 0.717) is 18.0 Å². The van der Waals surface area contributed by atoms with Gasteiger partial charge in [-0.05, 0) is 29.9 Å². The average molecular weight is 340 g/mol. The van der Waals surface area contributed by atoms with E-state index in [-0.39, 0.29) is 18.0 Å². The van der Waals surface area contributed by atoms with E-state index in [9.17, 15) is 14.9 Å². The summed E-state index contributed by atoms with van der Waals surface area (Å²) in [5, 5.41) is 13.8. The standard InChI is InChI=1S/C20H24N2O3/c1-15(2)17-11-9-16(10-12-17)6-5-13-21-20(23)14-18-7-3-4-8-19(18)22(24)25/h3-4,7-12,15H,5-6,13-14H2,1-2H3,(H,21,23). The largest absolute Gasteiger partial charge is 0.356 e. The van der Waals surface area contributed by atoms with Crippen molar-refractivity contribution in [2.24, 2.45) is 0 Å². The summed E-state index contributed by atoms with van der Waals surface area (Å²) in [6.45, 7) is 4.90. The maximum absolute atomic E-state index is 12.0. The van der Waals surface area contributed by atoms with Crippen molar-refractivity contribution in [1.82, 2.24) is 5.32 Å². The molecular formula is C20H24N2O3. The van der Waals surface area contributed by atoms with Gasteiger partial charge in [-0.15, -0.1) is 0 Å². The summed E-state index contributed by atoms with van der Waals surface area (Å²) >= 11 is 0. The number of rotatable bonds is 8. The number of nitrogens with zero attached hydrogens (tertiary/aromatic N) is 1. The Kier molecular flexibility index (Phi) is 6.69. The van der Waals surface area contributed by atoms with E-state index in [1.807, 2.05) is 0 Å². The van der Waals surface area contributed by atoms with Crippen molar-refractivity contribution in [2.75, 3.05) is 6.54 Å². The summed E-state index contributed by atoms with van der Waals surface area (Å²) in [6.07, 6.45) is 1.76. The van der Waals surface area contributed by atoms with Crippen molar-refractivity contribution in [2.45, 2.75) is 39.0 Å². The number of carbonyl (C=O) groups is 1. The van der Waals surface area contributed by atoms with Crippen LogP contribution in [-0.2, 0) is 17.6 Å². The van der Waals surface area contributed by atoms with Crippen LogP contribution in [0.25, 0.3) is 0 Å². The normalized spacial score (nSPS) is 10.7. The number of nitrogens with one attached hydrogen (secondary N) is 1. The maximum atomic E-state index is 12.0. The molecule has 0 aliphatic carbocycles. The van der Waals surface area contributed by atoms with Gasteiger partial charge >= 0.3 is 0 Å². The highest BCUT2D eigenvalue weighted by atomic mass is 16.6. The highest BCUT2D eigenvalue weighted by Crippen LogP contribution is 2.18. The smallest absolute Gasteiger partial charge is 0.273 e. The molecule has 2 rings (SSSR count). The van der Waals surface area contributed by atoms with Crippen LogP contribution < -0.4 is 5.32 Å². The van der Waals surface area contributed by atoms with Crippen molar-refractivity contribution in [3.63, 3.8) is 0 Å². The summed E-state index contributed by atoms with van der Waals surface area (Å²) in [6, 6.07) is 14.9. The Morgan fingerprint density at radius 2 is 1.80 bits per heavy atom. The summed E-state index contributed by atoms with van der Waals surface area (Å²) in [5.41, 5.74) is 3.00. The fourth-order valence-electron chi connectivity index (χ4n) is 2.66. The van der Waals surface area contributed by atoms with Gasteiger partial charge in [0, 0.05) is 18.2 Å². The fourth-order valence-corrected chi connectivity index (χ4v) is 2.66. The molecule has 0 aliphatic rings. The Labute approximate surface area is 148 Å². The molecule has 0 aromatic heterocycles. The number of aryl methyl sites for hydroxylation is 1. The van der Waals surface area contributed by atoms with Gasteiger partial charge in [-0.3, -0.25) is 14.9 Å². The van der Waals surface area contributed by atoms with Gasteiger partial charge in [-0.2, -0.15) is 0 Å². The fraction of sp³-hybridized carbons (Fsp3) is 0.350. The molecule has 0 saturated carbocycles. The molecule has 1 N–H and O–H groups in total. The first-order valence-electron chi connectivity index (χ1n) is 8.55. The maximum Gasteiger partial charge on any atom is 0.273 e. The Hall–Kier alpha value is -2.69. The average Bonchev–Trinajstić information content (AvgIpc) is 2.59.